The summed E-state index contributed by atoms with van der Waals surface area (Å²) in [7, 11) is 0. The molecule has 17 nitrogen and oxygen atoms in total. The largest absolute Gasteiger partial charge is 0.394 e. The smallest absolute Gasteiger partial charge is 0.386 e. The maximum atomic E-state index is 13.3. The van der Waals surface area contributed by atoms with Crippen molar-refractivity contribution in [3.63, 3.8) is 0 Å². The average molecular weight is 629 g/mol. The lowest BCUT2D eigenvalue weighted by atomic mass is 10.1. The van der Waals surface area contributed by atoms with Crippen LogP contribution >= 0.6 is 30.8 Å². The summed E-state index contributed by atoms with van der Waals surface area (Å²) in [5.41, 5.74) is 6.18. The molecule has 6 rings (SSSR count). The van der Waals surface area contributed by atoms with Gasteiger partial charge in [-0.3, -0.25) is 27.4 Å². The maximum Gasteiger partial charge on any atom is 0.386 e. The lowest BCUT2D eigenvalue weighted by molar-refractivity contribution is -0.0498. The van der Waals surface area contributed by atoms with Crippen molar-refractivity contribution in [2.24, 2.45) is 0 Å². The summed E-state index contributed by atoms with van der Waals surface area (Å²) in [6.07, 6.45) is -0.773. The minimum atomic E-state index is -4.25. The van der Waals surface area contributed by atoms with Gasteiger partial charge in [-0.15, -0.1) is 11.8 Å². The molecule has 20 heteroatoms. The highest BCUT2D eigenvalue weighted by molar-refractivity contribution is 8.44. The molecular formula is C21H25N8O9PS2. The molecular weight excluding hydrogens is 603 g/mol. The molecule has 2 aliphatic heterocycles. The van der Waals surface area contributed by atoms with Gasteiger partial charge in [-0.2, -0.15) is 0 Å². The van der Waals surface area contributed by atoms with Gasteiger partial charge in [0.1, 0.15) is 41.6 Å². The number of fused-ring (bicyclic) bond motifs is 2. The van der Waals surface area contributed by atoms with Crippen LogP contribution in [0.3, 0.4) is 0 Å². The van der Waals surface area contributed by atoms with Gasteiger partial charge in [0.25, 0.3) is 5.56 Å². The number of aliphatic hydroxyl groups excluding tert-OH is 4. The van der Waals surface area contributed by atoms with Crippen LogP contribution in [0.4, 0.5) is 5.82 Å². The summed E-state index contributed by atoms with van der Waals surface area (Å²) in [6.45, 7) is -5.18. The minimum absolute atomic E-state index is 0.154. The van der Waals surface area contributed by atoms with E-state index < -0.39 is 60.8 Å². The molecule has 4 aromatic rings. The summed E-state index contributed by atoms with van der Waals surface area (Å²) in [5.74, 6) is 0.316. The van der Waals surface area contributed by atoms with Gasteiger partial charge in [0.15, 0.2) is 17.7 Å². The number of nitrogens with two attached hydrogens (primary N) is 1. The second-order valence-corrected chi connectivity index (χ2v) is 13.6. The van der Waals surface area contributed by atoms with Crippen LogP contribution in [-0.4, -0.2) is 103 Å². The van der Waals surface area contributed by atoms with Crippen molar-refractivity contribution in [1.82, 2.24) is 33.5 Å². The Bertz CT molecular complexity index is 1690. The van der Waals surface area contributed by atoms with Crippen molar-refractivity contribution in [3.05, 3.63) is 47.7 Å². The number of anilines is 1. The third kappa shape index (κ3) is 5.05. The molecule has 6 heterocycles. The minimum Gasteiger partial charge on any atom is -0.394 e. The number of thioether (sulfide) groups is 1. The van der Waals surface area contributed by atoms with E-state index in [0.717, 1.165) is 11.8 Å². The van der Waals surface area contributed by atoms with E-state index in [4.69, 9.17) is 19.5 Å². The third-order valence-corrected chi connectivity index (χ3v) is 10.1. The first-order valence-corrected chi connectivity index (χ1v) is 15.8. The van der Waals surface area contributed by atoms with Crippen LogP contribution in [0.15, 0.2) is 42.1 Å². The number of hydrogen-bond donors (Lipinski definition) is 6. The molecule has 0 unspecified atom stereocenters. The standard InChI is InChI=1S/C21H25N8O9PS2/c22-17-12-18(25-7-24-17)29(8-26-12)20-15(34)14(33)10(41-20)6-36-39(35,40)38-16-13(32)9(5-30)37-19(16)28-3-1-11(31)27-4-2-23-21(27)28/h1-4,7-10,13-16,19-20,30,32-34H,5-6H2,(H,35,40)(H2,22,24,25)/t9-,10-,13-,14-,15-,16-,19-,20-,39+/m1/s1. The topological polar surface area (TPSA) is 235 Å². The monoisotopic (exact) mass is 628 g/mol. The number of thiol groups is 1. The zero-order valence-corrected chi connectivity index (χ0v) is 23.4. The molecule has 0 radical (unpaired) electrons. The highest BCUT2D eigenvalue weighted by Gasteiger charge is 2.49. The molecule has 0 bridgehead atoms. The average Bonchev–Trinajstić information content (AvgIpc) is 3.72. The second kappa shape index (κ2) is 10.9. The molecule has 6 N–H and O–H groups in total. The Labute approximate surface area is 239 Å². The van der Waals surface area contributed by atoms with Crippen LogP contribution in [0.1, 0.15) is 11.6 Å². The van der Waals surface area contributed by atoms with E-state index in [2.05, 4.69) is 32.2 Å². The van der Waals surface area contributed by atoms with Crippen LogP contribution in [0.5, 0.6) is 0 Å². The molecule has 220 valence electrons. The van der Waals surface area contributed by atoms with Crippen molar-refractivity contribution in [2.75, 3.05) is 18.9 Å². The first kappa shape index (κ1) is 28.5. The number of rotatable bonds is 8. The SMILES string of the molecule is Nc1ncnc2c1ncn2[C@@H]1S[C@H](CO[P@](=O)(S)O[C@@H]2[C@H](O)[C@@H](CO)O[C@H]2n2ccc(=O)n3ccnc23)[C@@H](O)[C@H]1O. The van der Waals surface area contributed by atoms with Gasteiger partial charge in [-0.1, -0.05) is 12.2 Å². The van der Waals surface area contributed by atoms with E-state index in [1.807, 2.05) is 0 Å². The zero-order chi connectivity index (χ0) is 29.1. The Morgan fingerprint density at radius 1 is 1.12 bits per heavy atom. The van der Waals surface area contributed by atoms with Gasteiger partial charge >= 0.3 is 6.80 Å². The van der Waals surface area contributed by atoms with Gasteiger partial charge in [0.05, 0.1) is 30.9 Å². The molecule has 0 amide bonds. The fraction of sp³-hybridized carbons (Fsp3) is 0.476. The molecule has 2 fully saturated rings. The number of nitrogens with zero attached hydrogens (tertiary/aromatic N) is 7. The van der Waals surface area contributed by atoms with Crippen molar-refractivity contribution in [3.8, 4) is 0 Å². The van der Waals surface area contributed by atoms with Crippen molar-refractivity contribution in [1.29, 1.82) is 0 Å². The van der Waals surface area contributed by atoms with E-state index in [0.29, 0.717) is 11.2 Å². The molecule has 0 aliphatic carbocycles. The Hall–Kier alpha value is -2.58. The molecule has 0 saturated carbocycles. The van der Waals surface area contributed by atoms with Crippen molar-refractivity contribution >= 4 is 53.6 Å². The molecule has 4 aromatic heterocycles. The van der Waals surface area contributed by atoms with Crippen LogP contribution < -0.4 is 11.3 Å². The highest BCUT2D eigenvalue weighted by atomic mass is 32.7. The van der Waals surface area contributed by atoms with E-state index >= 15 is 0 Å². The van der Waals surface area contributed by atoms with E-state index in [1.54, 1.807) is 4.57 Å². The summed E-state index contributed by atoms with van der Waals surface area (Å²) >= 11 is 5.19. The maximum absolute atomic E-state index is 13.3. The molecule has 2 aliphatic rings. The zero-order valence-electron chi connectivity index (χ0n) is 20.8. The highest BCUT2D eigenvalue weighted by Crippen LogP contribution is 2.57. The van der Waals surface area contributed by atoms with Crippen LogP contribution in [0.2, 0.25) is 0 Å². The Morgan fingerprint density at radius 3 is 2.71 bits per heavy atom. The van der Waals surface area contributed by atoms with E-state index in [-0.39, 0.29) is 23.8 Å². The summed E-state index contributed by atoms with van der Waals surface area (Å²) in [6, 6.07) is 1.24. The fourth-order valence-electron chi connectivity index (χ4n) is 4.86. The number of nitrogen functional groups attached to an aromatic ring is 1. The molecule has 9 atom stereocenters. The number of imidazole rings is 2. The van der Waals surface area contributed by atoms with Gasteiger partial charge in [0.2, 0.25) is 5.78 Å². The van der Waals surface area contributed by atoms with Gasteiger partial charge in [-0.25, -0.2) is 24.5 Å². The predicted octanol–water partition coefficient (Wildman–Crippen LogP) is -1.06. The van der Waals surface area contributed by atoms with Crippen LogP contribution in [0.25, 0.3) is 16.9 Å². The molecule has 2 saturated heterocycles. The molecule has 41 heavy (non-hydrogen) atoms. The Kier molecular flexibility index (Phi) is 7.60. The quantitative estimate of drug-likeness (QED) is 0.101. The number of aliphatic hydroxyl groups is 4. The second-order valence-electron chi connectivity index (χ2n) is 9.36. The number of aromatic nitrogens is 7. The lowest BCUT2D eigenvalue weighted by Crippen LogP contribution is -2.35. The summed E-state index contributed by atoms with van der Waals surface area (Å²) in [4.78, 5) is 28.5. The van der Waals surface area contributed by atoms with Gasteiger partial charge in [-0.05, 0) is 0 Å². The van der Waals surface area contributed by atoms with Gasteiger partial charge in [0, 0.05) is 24.7 Å². The van der Waals surface area contributed by atoms with Crippen LogP contribution in [0, 0.1) is 0 Å². The normalized spacial score (nSPS) is 31.7. The van der Waals surface area contributed by atoms with Crippen molar-refractivity contribution in [2.45, 2.75) is 47.4 Å². The molecule has 0 aromatic carbocycles. The number of hydrogen-bond acceptors (Lipinski definition) is 15. The van der Waals surface area contributed by atoms with Crippen molar-refractivity contribution < 1.29 is 38.8 Å². The molecule has 0 spiro atoms. The lowest BCUT2D eigenvalue weighted by Gasteiger charge is -2.26. The van der Waals surface area contributed by atoms with E-state index in [1.165, 1.54) is 46.3 Å². The predicted molar refractivity (Wildman–Crippen MR) is 146 cm³/mol. The van der Waals surface area contributed by atoms with E-state index in [9.17, 15) is 29.8 Å². The summed E-state index contributed by atoms with van der Waals surface area (Å²) < 4.78 is 34.4. The fourth-order valence-corrected chi connectivity index (χ4v) is 7.87. The number of ether oxygens (including phenoxy) is 1. The first-order chi connectivity index (χ1) is 19.6. The Morgan fingerprint density at radius 2 is 1.93 bits per heavy atom. The first-order valence-electron chi connectivity index (χ1n) is 12.2. The Balaban J connectivity index is 1.18. The third-order valence-electron chi connectivity index (χ3n) is 6.89. The summed E-state index contributed by atoms with van der Waals surface area (Å²) in [5, 5.41) is 40.5. The van der Waals surface area contributed by atoms with Crippen LogP contribution in [-0.2, 0) is 18.3 Å². The van der Waals surface area contributed by atoms with Gasteiger partial charge < -0.3 is 30.9 Å².